The first-order valence-corrected chi connectivity index (χ1v) is 6.05. The molecule has 0 nitrogen and oxygen atoms in total. The van der Waals surface area contributed by atoms with Crippen LogP contribution in [0.4, 0.5) is 0 Å². The van der Waals surface area contributed by atoms with Gasteiger partial charge in [0.2, 0.25) is 0 Å². The van der Waals surface area contributed by atoms with Crippen LogP contribution in [0.15, 0.2) is 0 Å². The Labute approximate surface area is 93.5 Å². The Hall–Kier alpha value is 1.16. The Bertz CT molecular complexity index is 123. The Morgan fingerprint density at radius 1 is 0.917 bits per heavy atom. The predicted octanol–water partition coefficient (Wildman–Crippen LogP) is 3.71. The Balaban J connectivity index is 2.37. The lowest BCUT2D eigenvalue weighted by atomic mass is 9.70. The molecular weight excluding hydrogens is 238 g/mol. The van der Waals surface area contributed by atoms with Crippen molar-refractivity contribution in [1.82, 2.24) is 0 Å². The maximum absolute atomic E-state index is 6.03. The van der Waals surface area contributed by atoms with Crippen LogP contribution in [-0.2, 0) is 0 Å². The van der Waals surface area contributed by atoms with Crippen molar-refractivity contribution in [2.45, 2.75) is 23.6 Å². The number of hydrogen-bond acceptors (Lipinski definition) is 0. The van der Waals surface area contributed by atoms with E-state index in [1.54, 1.807) is 0 Å². The SMILES string of the molecule is ClCC(Cl)C1CCC1C(Cl)CCl. The van der Waals surface area contributed by atoms with Crippen molar-refractivity contribution in [2.75, 3.05) is 11.8 Å². The van der Waals surface area contributed by atoms with E-state index >= 15 is 0 Å². The van der Waals surface area contributed by atoms with Gasteiger partial charge in [-0.3, -0.25) is 0 Å². The number of halogens is 4. The van der Waals surface area contributed by atoms with E-state index in [4.69, 9.17) is 46.4 Å². The summed E-state index contributed by atoms with van der Waals surface area (Å²) in [6.07, 6.45) is 2.29. The van der Waals surface area contributed by atoms with E-state index < -0.39 is 0 Å². The highest BCUT2D eigenvalue weighted by Crippen LogP contribution is 2.43. The van der Waals surface area contributed by atoms with Crippen molar-refractivity contribution in [3.63, 3.8) is 0 Å². The van der Waals surface area contributed by atoms with Crippen LogP contribution in [0.25, 0.3) is 0 Å². The fourth-order valence-corrected chi connectivity index (χ4v) is 2.76. The quantitative estimate of drug-likeness (QED) is 0.667. The maximum Gasteiger partial charge on any atom is 0.0502 e. The van der Waals surface area contributed by atoms with Crippen LogP contribution in [0, 0.1) is 11.8 Å². The summed E-state index contributed by atoms with van der Waals surface area (Å²) in [5, 5.41) is 0.129. The van der Waals surface area contributed by atoms with Gasteiger partial charge in [0.25, 0.3) is 0 Å². The topological polar surface area (TPSA) is 0 Å². The number of rotatable bonds is 4. The molecule has 0 heterocycles. The zero-order valence-corrected chi connectivity index (χ0v) is 9.67. The summed E-state index contributed by atoms with van der Waals surface area (Å²) in [4.78, 5) is 0. The minimum absolute atomic E-state index is 0.0647. The van der Waals surface area contributed by atoms with Gasteiger partial charge in [-0.2, -0.15) is 0 Å². The fourth-order valence-electron chi connectivity index (χ4n) is 1.68. The zero-order valence-electron chi connectivity index (χ0n) is 6.65. The molecule has 1 rings (SSSR count). The van der Waals surface area contributed by atoms with Crippen LogP contribution in [0.1, 0.15) is 12.8 Å². The summed E-state index contributed by atoms with van der Waals surface area (Å²) < 4.78 is 0. The molecule has 0 aromatic carbocycles. The fraction of sp³-hybridized carbons (Fsp3) is 1.00. The molecule has 72 valence electrons. The maximum atomic E-state index is 6.03. The Morgan fingerprint density at radius 3 is 1.42 bits per heavy atom. The van der Waals surface area contributed by atoms with Crippen LogP contribution in [0.5, 0.6) is 0 Å². The summed E-state index contributed by atoms with van der Waals surface area (Å²) in [6, 6.07) is 0. The second-order valence-electron chi connectivity index (χ2n) is 3.25. The van der Waals surface area contributed by atoms with Gasteiger partial charge in [-0.05, 0) is 24.7 Å². The van der Waals surface area contributed by atoms with Gasteiger partial charge >= 0.3 is 0 Å². The van der Waals surface area contributed by atoms with Gasteiger partial charge in [-0.15, -0.1) is 46.4 Å². The molecule has 0 spiro atoms. The third-order valence-electron chi connectivity index (χ3n) is 2.61. The van der Waals surface area contributed by atoms with E-state index in [-0.39, 0.29) is 10.8 Å². The molecule has 4 heteroatoms. The van der Waals surface area contributed by atoms with Crippen molar-refractivity contribution in [2.24, 2.45) is 11.8 Å². The monoisotopic (exact) mass is 248 g/mol. The van der Waals surface area contributed by atoms with Crippen molar-refractivity contribution in [3.8, 4) is 0 Å². The van der Waals surface area contributed by atoms with Gasteiger partial charge in [0.15, 0.2) is 0 Å². The molecule has 0 aromatic rings. The summed E-state index contributed by atoms with van der Waals surface area (Å²) in [6.45, 7) is 0. The molecule has 0 saturated heterocycles. The van der Waals surface area contributed by atoms with Gasteiger partial charge in [0.05, 0.1) is 10.8 Å². The van der Waals surface area contributed by atoms with E-state index in [1.165, 1.54) is 0 Å². The standard InChI is InChI=1S/C8H12Cl4/c9-3-7(11)5-1-2-6(5)8(12)4-10/h5-8H,1-4H2. The molecule has 0 aromatic heterocycles. The summed E-state index contributed by atoms with van der Waals surface area (Å²) in [5.41, 5.74) is 0. The van der Waals surface area contributed by atoms with Crippen LogP contribution in [0.2, 0.25) is 0 Å². The van der Waals surface area contributed by atoms with E-state index in [2.05, 4.69) is 0 Å². The third kappa shape index (κ3) is 2.35. The van der Waals surface area contributed by atoms with Crippen molar-refractivity contribution in [1.29, 1.82) is 0 Å². The number of hydrogen-bond donors (Lipinski definition) is 0. The van der Waals surface area contributed by atoms with E-state index in [0.29, 0.717) is 23.6 Å². The molecular formula is C8H12Cl4. The minimum atomic E-state index is 0.0647. The highest BCUT2D eigenvalue weighted by molar-refractivity contribution is 6.29. The Morgan fingerprint density at radius 2 is 1.25 bits per heavy atom. The molecule has 0 bridgehead atoms. The molecule has 0 N–H and O–H groups in total. The summed E-state index contributed by atoms with van der Waals surface area (Å²) in [5.74, 6) is 1.97. The van der Waals surface area contributed by atoms with E-state index in [9.17, 15) is 0 Å². The first-order chi connectivity index (χ1) is 5.70. The van der Waals surface area contributed by atoms with Crippen LogP contribution in [-0.4, -0.2) is 22.5 Å². The zero-order chi connectivity index (χ0) is 9.14. The summed E-state index contributed by atoms with van der Waals surface area (Å²) >= 11 is 23.4. The normalized spacial score (nSPS) is 34.0. The third-order valence-corrected chi connectivity index (χ3v) is 4.54. The van der Waals surface area contributed by atoms with Crippen molar-refractivity contribution < 1.29 is 0 Å². The second kappa shape index (κ2) is 5.14. The van der Waals surface area contributed by atoms with Crippen LogP contribution >= 0.6 is 46.4 Å². The smallest absolute Gasteiger partial charge is 0.0502 e. The first-order valence-electron chi connectivity index (χ1n) is 4.10. The van der Waals surface area contributed by atoms with Gasteiger partial charge < -0.3 is 0 Å². The molecule has 4 unspecified atom stereocenters. The molecule has 0 amide bonds. The molecule has 1 fully saturated rings. The summed E-state index contributed by atoms with van der Waals surface area (Å²) in [7, 11) is 0. The molecule has 4 atom stereocenters. The van der Waals surface area contributed by atoms with Crippen molar-refractivity contribution >= 4 is 46.4 Å². The molecule has 1 saturated carbocycles. The highest BCUT2D eigenvalue weighted by atomic mass is 35.5. The lowest BCUT2D eigenvalue weighted by molar-refractivity contribution is 0.174. The molecule has 12 heavy (non-hydrogen) atoms. The van der Waals surface area contributed by atoms with Gasteiger partial charge in [0.1, 0.15) is 0 Å². The Kier molecular flexibility index (Phi) is 4.82. The van der Waals surface area contributed by atoms with Crippen LogP contribution < -0.4 is 0 Å². The largest absolute Gasteiger partial charge is 0.125 e. The molecule has 1 aliphatic rings. The second-order valence-corrected chi connectivity index (χ2v) is 4.98. The molecule has 1 aliphatic carbocycles. The first kappa shape index (κ1) is 11.2. The van der Waals surface area contributed by atoms with E-state index in [1.807, 2.05) is 0 Å². The molecule has 0 radical (unpaired) electrons. The molecule has 0 aliphatic heterocycles. The average molecular weight is 250 g/mol. The highest BCUT2D eigenvalue weighted by Gasteiger charge is 2.39. The van der Waals surface area contributed by atoms with Crippen molar-refractivity contribution in [3.05, 3.63) is 0 Å². The van der Waals surface area contributed by atoms with Gasteiger partial charge in [-0.25, -0.2) is 0 Å². The number of alkyl halides is 4. The van der Waals surface area contributed by atoms with Gasteiger partial charge in [-0.1, -0.05) is 0 Å². The van der Waals surface area contributed by atoms with Gasteiger partial charge in [0, 0.05) is 11.8 Å². The minimum Gasteiger partial charge on any atom is -0.125 e. The van der Waals surface area contributed by atoms with E-state index in [0.717, 1.165) is 12.8 Å². The lowest BCUT2D eigenvalue weighted by Gasteiger charge is -2.41. The average Bonchev–Trinajstić information content (AvgIpc) is 2.02. The lowest BCUT2D eigenvalue weighted by Crippen LogP contribution is -2.40. The predicted molar refractivity (Wildman–Crippen MR) is 56.9 cm³/mol. The van der Waals surface area contributed by atoms with Crippen LogP contribution in [0.3, 0.4) is 0 Å².